The van der Waals surface area contributed by atoms with Crippen molar-refractivity contribution in [3.8, 4) is 11.1 Å². The maximum atomic E-state index is 12.2. The van der Waals surface area contributed by atoms with Crippen LogP contribution in [0.5, 0.6) is 0 Å². The van der Waals surface area contributed by atoms with Crippen molar-refractivity contribution >= 4 is 17.4 Å². The number of hydrogen-bond donors (Lipinski definition) is 1. The third-order valence-corrected chi connectivity index (χ3v) is 4.98. The monoisotopic (exact) mass is 403 g/mol. The smallest absolute Gasteiger partial charge is 0.258 e. The topological polar surface area (TPSA) is 61.4 Å². The molecule has 0 saturated carbocycles. The first-order valence-electron chi connectivity index (χ1n) is 10.4. The Bertz CT molecular complexity index is 935. The van der Waals surface area contributed by atoms with Gasteiger partial charge in [-0.1, -0.05) is 26.0 Å². The highest BCUT2D eigenvalue weighted by atomic mass is 16.1. The molecule has 1 aliphatic heterocycles. The minimum atomic E-state index is -0.217. The predicted molar refractivity (Wildman–Crippen MR) is 123 cm³/mol. The molecule has 2 aromatic heterocycles. The summed E-state index contributed by atoms with van der Waals surface area (Å²) in [5, 5.41) is 2.80. The molecule has 1 fully saturated rings. The summed E-state index contributed by atoms with van der Waals surface area (Å²) in [6.45, 7) is 8.24. The summed E-state index contributed by atoms with van der Waals surface area (Å²) in [6.07, 6.45) is 4.97. The van der Waals surface area contributed by atoms with E-state index in [0.717, 1.165) is 37.3 Å². The number of piperazine rings is 1. The lowest BCUT2D eigenvalue weighted by Crippen LogP contribution is -2.44. The Morgan fingerprint density at radius 3 is 2.40 bits per heavy atom. The largest absolute Gasteiger partial charge is 0.369 e. The van der Waals surface area contributed by atoms with E-state index in [2.05, 4.69) is 56.4 Å². The first kappa shape index (κ1) is 21.5. The second kappa shape index (κ2) is 10.5. The molecule has 1 saturated heterocycles. The molecule has 3 aromatic rings. The predicted octanol–water partition coefficient (Wildman–Crippen LogP) is 4.17. The van der Waals surface area contributed by atoms with Crippen LogP contribution in [0.3, 0.4) is 0 Å². The number of pyridine rings is 2. The fourth-order valence-electron chi connectivity index (χ4n) is 3.27. The zero-order chi connectivity index (χ0) is 21.3. The quantitative estimate of drug-likeness (QED) is 0.708. The van der Waals surface area contributed by atoms with E-state index in [-0.39, 0.29) is 5.91 Å². The van der Waals surface area contributed by atoms with Gasteiger partial charge in [0.1, 0.15) is 5.82 Å². The number of aromatic nitrogens is 2. The Labute approximate surface area is 178 Å². The van der Waals surface area contributed by atoms with Gasteiger partial charge in [0, 0.05) is 56.0 Å². The van der Waals surface area contributed by atoms with Crippen LogP contribution in [0.25, 0.3) is 11.1 Å². The van der Waals surface area contributed by atoms with Crippen molar-refractivity contribution in [1.82, 2.24) is 14.9 Å². The van der Waals surface area contributed by atoms with E-state index in [0.29, 0.717) is 11.4 Å². The van der Waals surface area contributed by atoms with E-state index < -0.39 is 0 Å². The highest BCUT2D eigenvalue weighted by Crippen LogP contribution is 2.25. The lowest BCUT2D eigenvalue weighted by Gasteiger charge is -2.34. The molecule has 0 bridgehead atoms. The van der Waals surface area contributed by atoms with Gasteiger partial charge in [0.05, 0.1) is 5.56 Å². The van der Waals surface area contributed by atoms with Crippen molar-refractivity contribution in [3.63, 3.8) is 0 Å². The van der Waals surface area contributed by atoms with Crippen LogP contribution >= 0.6 is 0 Å². The van der Waals surface area contributed by atoms with E-state index in [1.54, 1.807) is 24.5 Å². The van der Waals surface area contributed by atoms with Gasteiger partial charge in [-0.3, -0.25) is 9.78 Å². The Hall–Kier alpha value is -3.25. The number of nitrogens with zero attached hydrogens (tertiary/aromatic N) is 4. The number of amides is 1. The molecule has 3 heterocycles. The van der Waals surface area contributed by atoms with Gasteiger partial charge in [0.25, 0.3) is 5.91 Å². The van der Waals surface area contributed by atoms with E-state index in [4.69, 9.17) is 0 Å². The van der Waals surface area contributed by atoms with E-state index >= 15 is 0 Å². The molecule has 0 spiro atoms. The maximum Gasteiger partial charge on any atom is 0.258 e. The van der Waals surface area contributed by atoms with Crippen molar-refractivity contribution in [2.45, 2.75) is 13.8 Å². The molecular weight excluding hydrogens is 374 g/mol. The molecule has 0 aliphatic carbocycles. The van der Waals surface area contributed by atoms with Crippen LogP contribution in [-0.4, -0.2) is 54.0 Å². The second-order valence-electron chi connectivity index (χ2n) is 6.97. The average Bonchev–Trinajstić information content (AvgIpc) is 2.82. The maximum absolute atomic E-state index is 12.2. The second-order valence-corrected chi connectivity index (χ2v) is 6.97. The van der Waals surface area contributed by atoms with Crippen LogP contribution < -0.4 is 10.2 Å². The molecular formula is C24H29N5O. The Morgan fingerprint density at radius 2 is 1.73 bits per heavy atom. The molecule has 6 heteroatoms. The number of benzene rings is 1. The molecule has 6 nitrogen and oxygen atoms in total. The molecule has 30 heavy (non-hydrogen) atoms. The first-order chi connectivity index (χ1) is 14.7. The summed E-state index contributed by atoms with van der Waals surface area (Å²) in [5.41, 5.74) is 3.89. The average molecular weight is 404 g/mol. The molecule has 0 radical (unpaired) electrons. The SMILES string of the molecule is CC.CN1CCN(c2cccc(-c3ccc(NC(=O)c4cccnc4)nc3)c2)CC1. The van der Waals surface area contributed by atoms with Gasteiger partial charge in [0.15, 0.2) is 0 Å². The molecule has 1 aromatic carbocycles. The van der Waals surface area contributed by atoms with Crippen LogP contribution in [-0.2, 0) is 0 Å². The number of anilines is 2. The van der Waals surface area contributed by atoms with E-state index in [1.807, 2.05) is 26.0 Å². The summed E-state index contributed by atoms with van der Waals surface area (Å²) < 4.78 is 0. The molecule has 1 N–H and O–H groups in total. The van der Waals surface area contributed by atoms with Gasteiger partial charge in [-0.05, 0) is 49.0 Å². The van der Waals surface area contributed by atoms with Crippen molar-refractivity contribution < 1.29 is 4.79 Å². The summed E-state index contributed by atoms with van der Waals surface area (Å²) >= 11 is 0. The summed E-state index contributed by atoms with van der Waals surface area (Å²) in [4.78, 5) is 25.3. The normalized spacial score (nSPS) is 13.9. The molecule has 0 unspecified atom stereocenters. The van der Waals surface area contributed by atoms with Gasteiger partial charge in [-0.15, -0.1) is 0 Å². The van der Waals surface area contributed by atoms with Crippen molar-refractivity contribution in [3.05, 3.63) is 72.7 Å². The minimum absolute atomic E-state index is 0.217. The standard InChI is InChI=1S/C22H23N5O.C2H6/c1-26-10-12-27(13-11-26)20-6-2-4-17(14-20)18-7-8-21(24-16-18)25-22(28)19-5-3-9-23-15-19;1-2/h2-9,14-16H,10-13H2,1H3,(H,24,25,28);1-2H3. The Balaban J connectivity index is 0.00000124. The van der Waals surface area contributed by atoms with Crippen molar-refractivity contribution in [2.75, 3.05) is 43.4 Å². The van der Waals surface area contributed by atoms with Crippen LogP contribution in [0.4, 0.5) is 11.5 Å². The molecule has 1 amide bonds. The Morgan fingerprint density at radius 1 is 0.933 bits per heavy atom. The van der Waals surface area contributed by atoms with Gasteiger partial charge in [-0.25, -0.2) is 4.98 Å². The number of carbonyl (C=O) groups is 1. The third-order valence-electron chi connectivity index (χ3n) is 4.98. The van der Waals surface area contributed by atoms with Gasteiger partial charge in [-0.2, -0.15) is 0 Å². The number of hydrogen-bond acceptors (Lipinski definition) is 5. The van der Waals surface area contributed by atoms with E-state index in [1.165, 1.54) is 11.9 Å². The summed E-state index contributed by atoms with van der Waals surface area (Å²) in [7, 11) is 2.16. The third kappa shape index (κ3) is 5.42. The molecule has 4 rings (SSSR count). The van der Waals surface area contributed by atoms with Gasteiger partial charge < -0.3 is 15.1 Å². The Kier molecular flexibility index (Phi) is 7.51. The lowest BCUT2D eigenvalue weighted by molar-refractivity contribution is 0.102. The van der Waals surface area contributed by atoms with Crippen LogP contribution in [0, 0.1) is 0 Å². The number of rotatable bonds is 4. The molecule has 156 valence electrons. The van der Waals surface area contributed by atoms with E-state index in [9.17, 15) is 4.79 Å². The highest BCUT2D eigenvalue weighted by Gasteiger charge is 2.14. The number of nitrogens with one attached hydrogen (secondary N) is 1. The fourth-order valence-corrected chi connectivity index (χ4v) is 3.27. The zero-order valence-corrected chi connectivity index (χ0v) is 17.9. The number of carbonyl (C=O) groups excluding carboxylic acids is 1. The summed E-state index contributed by atoms with van der Waals surface area (Å²) in [6, 6.07) is 15.8. The zero-order valence-electron chi connectivity index (χ0n) is 17.9. The first-order valence-corrected chi connectivity index (χ1v) is 10.4. The fraction of sp³-hybridized carbons (Fsp3) is 0.292. The molecule has 0 atom stereocenters. The van der Waals surface area contributed by atoms with Crippen LogP contribution in [0.2, 0.25) is 0 Å². The number of likely N-dealkylation sites (N-methyl/N-ethyl adjacent to an activating group) is 1. The van der Waals surface area contributed by atoms with Crippen molar-refractivity contribution in [2.24, 2.45) is 0 Å². The van der Waals surface area contributed by atoms with Crippen LogP contribution in [0.1, 0.15) is 24.2 Å². The summed E-state index contributed by atoms with van der Waals surface area (Å²) in [5.74, 6) is 0.304. The molecule has 1 aliphatic rings. The van der Waals surface area contributed by atoms with Crippen molar-refractivity contribution in [1.29, 1.82) is 0 Å². The van der Waals surface area contributed by atoms with Gasteiger partial charge >= 0.3 is 0 Å². The minimum Gasteiger partial charge on any atom is -0.369 e. The highest BCUT2D eigenvalue weighted by molar-refractivity contribution is 6.03. The lowest BCUT2D eigenvalue weighted by atomic mass is 10.1. The van der Waals surface area contributed by atoms with Crippen LogP contribution in [0.15, 0.2) is 67.1 Å². The van der Waals surface area contributed by atoms with Gasteiger partial charge in [0.2, 0.25) is 0 Å².